The number of thioether (sulfide) groups is 1. The fourth-order valence-corrected chi connectivity index (χ4v) is 5.87. The second-order valence-electron chi connectivity index (χ2n) is 7.95. The molecular weight excluding hydrogens is 597 g/mol. The maximum absolute atomic E-state index is 13.5. The van der Waals surface area contributed by atoms with Crippen molar-refractivity contribution in [1.29, 1.82) is 0 Å². The molecule has 14 heteroatoms. The minimum Gasteiger partial charge on any atom is -0.369 e. The molecule has 2 heterocycles. The number of benzene rings is 2. The Morgan fingerprint density at radius 2 is 1.95 bits per heavy atom. The Balaban J connectivity index is 1.33. The lowest BCUT2D eigenvalue weighted by molar-refractivity contribution is 0.108. The van der Waals surface area contributed by atoms with Crippen LogP contribution in [0.3, 0.4) is 0 Å². The molecule has 1 unspecified atom stereocenters. The average Bonchev–Trinajstić information content (AvgIpc) is 3.31. The highest BCUT2D eigenvalue weighted by molar-refractivity contribution is 9.10. The predicted octanol–water partition coefficient (Wildman–Crippen LogP) is 4.44. The van der Waals surface area contributed by atoms with Crippen molar-refractivity contribution in [3.8, 4) is 0 Å². The van der Waals surface area contributed by atoms with Crippen LogP contribution in [0.25, 0.3) is 11.2 Å². The van der Waals surface area contributed by atoms with Crippen LogP contribution in [0, 0.1) is 0 Å². The number of fused-ring (bicyclic) bond motifs is 1. The smallest absolute Gasteiger partial charge is 0.356 e. The number of aromatic nitrogens is 4. The summed E-state index contributed by atoms with van der Waals surface area (Å²) >= 11 is 4.48. The van der Waals surface area contributed by atoms with Gasteiger partial charge in [-0.2, -0.15) is 4.98 Å². The van der Waals surface area contributed by atoms with Crippen molar-refractivity contribution in [2.75, 3.05) is 31.0 Å². The number of hydrogen-bond donors (Lipinski definition) is 2. The average molecular weight is 622 g/mol. The Kier molecular flexibility index (Phi) is 9.89. The van der Waals surface area contributed by atoms with Gasteiger partial charge in [0, 0.05) is 22.3 Å². The molecular formula is C24H25BrN5O6PS. The summed E-state index contributed by atoms with van der Waals surface area (Å²) in [6.45, 7) is 0.475. The van der Waals surface area contributed by atoms with E-state index in [1.54, 1.807) is 28.8 Å². The quantitative estimate of drug-likeness (QED) is 0.162. The number of nitrogens with zero attached hydrogens (tertiary/aromatic N) is 3. The number of rotatable bonds is 13. The molecule has 0 aliphatic rings. The van der Waals surface area contributed by atoms with Crippen molar-refractivity contribution in [2.24, 2.45) is 0 Å². The van der Waals surface area contributed by atoms with Gasteiger partial charge >= 0.3 is 7.60 Å². The normalized spacial score (nSPS) is 13.0. The standard InChI is InChI=1S/C24H25BrN5O6PS/c25-19-8-4-5-17(13-19)14-36-37(33,35-11-12-38-23(32)18-6-2-1-3-7-18)16-34-10-9-30-15-27-20-21(30)28-24(26)29-22(20)31/h1-8,13,15H,9-12,14,16H2,(H3,26,28,29,31). The lowest BCUT2D eigenvalue weighted by Gasteiger charge is -2.19. The molecule has 0 fully saturated rings. The zero-order valence-electron chi connectivity index (χ0n) is 20.1. The van der Waals surface area contributed by atoms with Crippen LogP contribution in [-0.4, -0.2) is 49.9 Å². The number of carbonyl (C=O) groups excluding carboxylic acids is 1. The molecule has 4 aromatic rings. The summed E-state index contributed by atoms with van der Waals surface area (Å²) in [4.78, 5) is 34.8. The molecule has 11 nitrogen and oxygen atoms in total. The van der Waals surface area contributed by atoms with Crippen molar-refractivity contribution < 1.29 is 23.1 Å². The Bertz CT molecular complexity index is 1500. The molecule has 0 spiro atoms. The van der Waals surface area contributed by atoms with E-state index in [4.69, 9.17) is 19.5 Å². The second kappa shape index (κ2) is 13.3. The van der Waals surface area contributed by atoms with Gasteiger partial charge in [0.05, 0.1) is 26.1 Å². The van der Waals surface area contributed by atoms with Gasteiger partial charge in [0.15, 0.2) is 11.2 Å². The van der Waals surface area contributed by atoms with Crippen molar-refractivity contribution >= 4 is 57.5 Å². The first-order valence-electron chi connectivity index (χ1n) is 11.5. The first kappa shape index (κ1) is 28.2. The number of carbonyl (C=O) groups is 1. The molecule has 0 saturated carbocycles. The van der Waals surface area contributed by atoms with Crippen molar-refractivity contribution in [3.63, 3.8) is 0 Å². The first-order chi connectivity index (χ1) is 18.3. The van der Waals surface area contributed by atoms with Crippen LogP contribution in [0.1, 0.15) is 15.9 Å². The number of halogens is 1. The van der Waals surface area contributed by atoms with E-state index in [1.807, 2.05) is 30.3 Å². The lowest BCUT2D eigenvalue weighted by Crippen LogP contribution is -2.13. The molecule has 0 saturated heterocycles. The molecule has 0 aliphatic carbocycles. The van der Waals surface area contributed by atoms with Gasteiger partial charge < -0.3 is 24.1 Å². The van der Waals surface area contributed by atoms with Crippen LogP contribution in [0.15, 0.2) is 70.2 Å². The van der Waals surface area contributed by atoms with Crippen LogP contribution < -0.4 is 11.3 Å². The Hall–Kier alpha value is -2.80. The minimum atomic E-state index is -3.68. The summed E-state index contributed by atoms with van der Waals surface area (Å²) in [5.74, 6) is 0.272. The number of nitrogen functional groups attached to an aromatic ring is 1. The number of hydrogen-bond acceptors (Lipinski definition) is 10. The SMILES string of the molecule is Nc1nc2c(ncn2CCOCP(=O)(OCCSC(=O)c2ccccc2)OCc2cccc(Br)c2)c(=O)[nH]1. The summed E-state index contributed by atoms with van der Waals surface area (Å²) in [5.41, 5.74) is 7.06. The van der Waals surface area contributed by atoms with Gasteiger partial charge in [-0.15, -0.1) is 0 Å². The van der Waals surface area contributed by atoms with Gasteiger partial charge in [-0.05, 0) is 17.7 Å². The molecule has 200 valence electrons. The molecule has 0 radical (unpaired) electrons. The summed E-state index contributed by atoms with van der Waals surface area (Å²) in [7, 11) is -3.68. The predicted molar refractivity (Wildman–Crippen MR) is 149 cm³/mol. The third-order valence-electron chi connectivity index (χ3n) is 5.15. The highest BCUT2D eigenvalue weighted by atomic mass is 79.9. The zero-order valence-corrected chi connectivity index (χ0v) is 23.4. The third kappa shape index (κ3) is 7.85. The number of H-pyrrole nitrogens is 1. The van der Waals surface area contributed by atoms with E-state index >= 15 is 0 Å². The van der Waals surface area contributed by atoms with E-state index in [0.717, 1.165) is 21.8 Å². The van der Waals surface area contributed by atoms with Gasteiger partial charge in [0.2, 0.25) is 11.1 Å². The van der Waals surface area contributed by atoms with Crippen molar-refractivity contribution in [1.82, 2.24) is 19.5 Å². The minimum absolute atomic E-state index is 0.0207. The van der Waals surface area contributed by atoms with E-state index < -0.39 is 13.2 Å². The third-order valence-corrected chi connectivity index (χ3v) is 8.11. The van der Waals surface area contributed by atoms with Gasteiger partial charge in [-0.3, -0.25) is 19.1 Å². The van der Waals surface area contributed by atoms with E-state index in [2.05, 4.69) is 30.9 Å². The summed E-state index contributed by atoms with van der Waals surface area (Å²) < 4.78 is 32.9. The van der Waals surface area contributed by atoms with Crippen LogP contribution in [0.5, 0.6) is 0 Å². The number of aromatic amines is 1. The van der Waals surface area contributed by atoms with Crippen LogP contribution in [0.2, 0.25) is 0 Å². The summed E-state index contributed by atoms with van der Waals surface area (Å²) in [6, 6.07) is 16.3. The zero-order chi connectivity index (χ0) is 27.0. The second-order valence-corrected chi connectivity index (χ2v) is 11.9. The fraction of sp³-hybridized carbons (Fsp3) is 0.250. The number of nitrogens with two attached hydrogens (primary N) is 1. The molecule has 0 amide bonds. The first-order valence-corrected chi connectivity index (χ1v) is 15.0. The van der Waals surface area contributed by atoms with Crippen molar-refractivity contribution in [3.05, 3.63) is 86.9 Å². The molecule has 2 aromatic carbocycles. The number of nitrogens with one attached hydrogen (secondary N) is 1. The molecule has 38 heavy (non-hydrogen) atoms. The molecule has 0 aliphatic heterocycles. The van der Waals surface area contributed by atoms with Gasteiger partial charge in [-0.25, -0.2) is 4.98 Å². The van der Waals surface area contributed by atoms with E-state index in [9.17, 15) is 14.2 Å². The molecule has 2 aromatic heterocycles. The highest BCUT2D eigenvalue weighted by Crippen LogP contribution is 2.49. The summed E-state index contributed by atoms with van der Waals surface area (Å²) in [5, 5.41) is -0.101. The largest absolute Gasteiger partial charge is 0.369 e. The lowest BCUT2D eigenvalue weighted by atomic mass is 10.2. The molecule has 3 N–H and O–H groups in total. The topological polar surface area (TPSA) is 151 Å². The van der Waals surface area contributed by atoms with Crippen LogP contribution in [0.4, 0.5) is 5.95 Å². The van der Waals surface area contributed by atoms with E-state index in [1.165, 1.54) is 6.33 Å². The van der Waals surface area contributed by atoms with Crippen LogP contribution >= 0.6 is 35.3 Å². The molecule has 1 atom stereocenters. The van der Waals surface area contributed by atoms with Gasteiger partial charge in [0.25, 0.3) is 5.56 Å². The Morgan fingerprint density at radius 3 is 2.74 bits per heavy atom. The monoisotopic (exact) mass is 621 g/mol. The Morgan fingerprint density at radius 1 is 1.13 bits per heavy atom. The molecule has 0 bridgehead atoms. The highest BCUT2D eigenvalue weighted by Gasteiger charge is 2.26. The molecule has 4 rings (SSSR count). The van der Waals surface area contributed by atoms with Crippen molar-refractivity contribution in [2.45, 2.75) is 13.2 Å². The van der Waals surface area contributed by atoms with E-state index in [-0.39, 0.29) is 49.3 Å². The fourth-order valence-electron chi connectivity index (χ4n) is 3.35. The Labute approximate surface area is 230 Å². The van der Waals surface area contributed by atoms with Crippen LogP contribution in [-0.2, 0) is 31.5 Å². The number of anilines is 1. The summed E-state index contributed by atoms with van der Waals surface area (Å²) in [6.07, 6.45) is 1.15. The van der Waals surface area contributed by atoms with Gasteiger partial charge in [0.1, 0.15) is 6.35 Å². The van der Waals surface area contributed by atoms with E-state index in [0.29, 0.717) is 17.0 Å². The maximum Gasteiger partial charge on any atom is 0.356 e. The van der Waals surface area contributed by atoms with Gasteiger partial charge in [-0.1, -0.05) is 70.2 Å². The number of imidazole rings is 1. The maximum atomic E-state index is 13.5. The number of ether oxygens (including phenoxy) is 1.